The van der Waals surface area contributed by atoms with Gasteiger partial charge in [0.25, 0.3) is 0 Å². The first-order chi connectivity index (χ1) is 15.3. The van der Waals surface area contributed by atoms with Gasteiger partial charge in [-0.2, -0.15) is 0 Å². The van der Waals surface area contributed by atoms with Crippen molar-refractivity contribution in [2.24, 2.45) is 0 Å². The zero-order valence-electron chi connectivity index (χ0n) is 18.1. The fraction of sp³-hybridized carbons (Fsp3) is 0.160. The van der Waals surface area contributed by atoms with Gasteiger partial charge >= 0.3 is 0 Å². The summed E-state index contributed by atoms with van der Waals surface area (Å²) in [4.78, 5) is 24.9. The Hall–Kier alpha value is -3.16. The zero-order chi connectivity index (χ0) is 23.1. The van der Waals surface area contributed by atoms with E-state index in [2.05, 4.69) is 16.0 Å². The number of aryl methyl sites for hydroxylation is 1. The second kappa shape index (κ2) is 10.9. The lowest BCUT2D eigenvalue weighted by molar-refractivity contribution is -0.115. The Morgan fingerprint density at radius 2 is 1.56 bits per heavy atom. The Balaban J connectivity index is 1.57. The summed E-state index contributed by atoms with van der Waals surface area (Å²) >= 11 is 6.88. The average molecular weight is 464 g/mol. The van der Waals surface area contributed by atoms with E-state index in [1.54, 1.807) is 12.1 Å². The molecule has 1 atom stereocenters. The van der Waals surface area contributed by atoms with E-state index in [0.29, 0.717) is 10.7 Å². The molecule has 3 rings (SSSR count). The number of rotatable bonds is 7. The molecule has 32 heavy (non-hydrogen) atoms. The molecule has 0 aliphatic rings. The number of hydrogen-bond donors (Lipinski definition) is 3. The van der Waals surface area contributed by atoms with Crippen molar-refractivity contribution in [1.29, 1.82) is 0 Å². The Bertz CT molecular complexity index is 1130. The summed E-state index contributed by atoms with van der Waals surface area (Å²) in [5.74, 6) is -0.0257. The lowest BCUT2D eigenvalue weighted by Crippen LogP contribution is -2.22. The second-order valence-corrected chi connectivity index (χ2v) is 9.13. The van der Waals surface area contributed by atoms with Crippen LogP contribution in [0.3, 0.4) is 0 Å². The number of para-hydroxylation sites is 1. The van der Waals surface area contributed by atoms with Crippen LogP contribution in [0.5, 0.6) is 0 Å². The Morgan fingerprint density at radius 1 is 0.875 bits per heavy atom. The Labute approximate surface area is 198 Å². The number of amides is 1. The third-order valence-corrected chi connectivity index (χ3v) is 6.02. The minimum absolute atomic E-state index is 0.0216. The van der Waals surface area contributed by atoms with Crippen LogP contribution in [0, 0.1) is 6.92 Å². The number of carbonyl (C=O) groups excluding carboxylic acids is 2. The standard InChI is InChI=1S/C25H25N3O2S2/c1-16-7-4-5-10-23(16)28-24(30)18(3)32-22-9-6-8-21(15-22)27-25(31)26-20-13-11-19(12-14-20)17(2)29/h4-15,18H,1-3H3,(H,28,30)(H2,26,27,31). The van der Waals surface area contributed by atoms with Gasteiger partial charge in [0.05, 0.1) is 5.25 Å². The number of Topliss-reactive ketones (excluding diaryl/α,β-unsaturated/α-hetero) is 1. The maximum absolute atomic E-state index is 12.6. The molecule has 164 valence electrons. The molecular weight excluding hydrogens is 438 g/mol. The van der Waals surface area contributed by atoms with Gasteiger partial charge in [-0.1, -0.05) is 24.3 Å². The Kier molecular flexibility index (Phi) is 8.03. The van der Waals surface area contributed by atoms with Crippen molar-refractivity contribution < 1.29 is 9.59 Å². The van der Waals surface area contributed by atoms with Crippen molar-refractivity contribution >= 4 is 57.8 Å². The summed E-state index contributed by atoms with van der Waals surface area (Å²) in [5, 5.41) is 9.42. The molecule has 3 aromatic rings. The second-order valence-electron chi connectivity index (χ2n) is 7.30. The van der Waals surface area contributed by atoms with Crippen LogP contribution in [0.25, 0.3) is 0 Å². The SMILES string of the molecule is CC(=O)c1ccc(NC(=S)Nc2cccc(SC(C)C(=O)Nc3ccccc3C)c2)cc1. The van der Waals surface area contributed by atoms with Gasteiger partial charge in [0.15, 0.2) is 10.9 Å². The van der Waals surface area contributed by atoms with Crippen LogP contribution in [0.2, 0.25) is 0 Å². The number of carbonyl (C=O) groups is 2. The molecule has 0 radical (unpaired) electrons. The maximum Gasteiger partial charge on any atom is 0.237 e. The van der Waals surface area contributed by atoms with Gasteiger partial charge in [-0.25, -0.2) is 0 Å². The molecule has 3 aromatic carbocycles. The van der Waals surface area contributed by atoms with Gasteiger partial charge in [0.1, 0.15) is 0 Å². The summed E-state index contributed by atoms with van der Waals surface area (Å²) < 4.78 is 0. The van der Waals surface area contributed by atoms with E-state index >= 15 is 0 Å². The molecule has 1 unspecified atom stereocenters. The van der Waals surface area contributed by atoms with Crippen LogP contribution in [0.1, 0.15) is 29.8 Å². The molecule has 0 heterocycles. The molecule has 0 bridgehead atoms. The molecule has 7 heteroatoms. The molecule has 0 aliphatic carbocycles. The predicted octanol–water partition coefficient (Wildman–Crippen LogP) is 6.13. The minimum atomic E-state index is -0.269. The molecule has 0 saturated heterocycles. The number of nitrogens with one attached hydrogen (secondary N) is 3. The van der Waals surface area contributed by atoms with Gasteiger partial charge in [0.2, 0.25) is 5.91 Å². The van der Waals surface area contributed by atoms with Gasteiger partial charge in [0, 0.05) is 27.5 Å². The van der Waals surface area contributed by atoms with Crippen molar-refractivity contribution in [2.75, 3.05) is 16.0 Å². The highest BCUT2D eigenvalue weighted by molar-refractivity contribution is 8.00. The summed E-state index contributed by atoms with van der Waals surface area (Å²) in [6.45, 7) is 5.39. The fourth-order valence-corrected chi connectivity index (χ4v) is 4.10. The molecule has 5 nitrogen and oxygen atoms in total. The number of hydrogen-bond acceptors (Lipinski definition) is 4. The molecular formula is C25H25N3O2S2. The third-order valence-electron chi connectivity index (χ3n) is 4.73. The van der Waals surface area contributed by atoms with Gasteiger partial charge in [-0.05, 0) is 87.1 Å². The lowest BCUT2D eigenvalue weighted by atomic mass is 10.1. The van der Waals surface area contributed by atoms with Crippen molar-refractivity contribution in [3.05, 3.63) is 83.9 Å². The molecule has 3 N–H and O–H groups in total. The fourth-order valence-electron chi connectivity index (χ4n) is 2.93. The van der Waals surface area contributed by atoms with E-state index in [1.165, 1.54) is 18.7 Å². The largest absolute Gasteiger partial charge is 0.332 e. The van der Waals surface area contributed by atoms with Crippen molar-refractivity contribution in [3.63, 3.8) is 0 Å². The van der Waals surface area contributed by atoms with Crippen LogP contribution < -0.4 is 16.0 Å². The van der Waals surface area contributed by atoms with E-state index in [0.717, 1.165) is 27.5 Å². The number of thioether (sulfide) groups is 1. The quantitative estimate of drug-likeness (QED) is 0.223. The normalized spacial score (nSPS) is 11.3. The molecule has 0 saturated carbocycles. The zero-order valence-corrected chi connectivity index (χ0v) is 19.8. The summed E-state index contributed by atoms with van der Waals surface area (Å²) in [7, 11) is 0. The summed E-state index contributed by atoms with van der Waals surface area (Å²) in [6.07, 6.45) is 0. The number of thiocarbonyl (C=S) groups is 1. The summed E-state index contributed by atoms with van der Waals surface area (Å²) in [6, 6.07) is 22.6. The monoisotopic (exact) mass is 463 g/mol. The van der Waals surface area contributed by atoms with Crippen LogP contribution >= 0.6 is 24.0 Å². The molecule has 0 aromatic heterocycles. The van der Waals surface area contributed by atoms with Crippen molar-refractivity contribution in [2.45, 2.75) is 30.9 Å². The average Bonchev–Trinajstić information content (AvgIpc) is 2.75. The van der Waals surface area contributed by atoms with E-state index in [1.807, 2.05) is 74.5 Å². The van der Waals surface area contributed by atoms with Gasteiger partial charge in [-0.15, -0.1) is 11.8 Å². The first kappa shape index (κ1) is 23.5. The topological polar surface area (TPSA) is 70.2 Å². The van der Waals surface area contributed by atoms with Gasteiger partial charge < -0.3 is 16.0 Å². The highest BCUT2D eigenvalue weighted by Gasteiger charge is 2.15. The molecule has 1 amide bonds. The highest BCUT2D eigenvalue weighted by atomic mass is 32.2. The molecule has 0 fully saturated rings. The highest BCUT2D eigenvalue weighted by Crippen LogP contribution is 2.27. The van der Waals surface area contributed by atoms with Crippen LogP contribution in [-0.4, -0.2) is 22.1 Å². The first-order valence-electron chi connectivity index (χ1n) is 10.1. The number of anilines is 3. The number of benzene rings is 3. The van der Waals surface area contributed by atoms with E-state index < -0.39 is 0 Å². The third kappa shape index (κ3) is 6.67. The first-order valence-corrected chi connectivity index (χ1v) is 11.4. The predicted molar refractivity (Wildman–Crippen MR) is 138 cm³/mol. The Morgan fingerprint density at radius 3 is 2.25 bits per heavy atom. The van der Waals surface area contributed by atoms with Crippen LogP contribution in [-0.2, 0) is 4.79 Å². The van der Waals surface area contributed by atoms with E-state index in [-0.39, 0.29) is 16.9 Å². The maximum atomic E-state index is 12.6. The lowest BCUT2D eigenvalue weighted by Gasteiger charge is -2.15. The van der Waals surface area contributed by atoms with Gasteiger partial charge in [-0.3, -0.25) is 9.59 Å². The van der Waals surface area contributed by atoms with E-state index in [4.69, 9.17) is 12.2 Å². The molecule has 0 aliphatic heterocycles. The van der Waals surface area contributed by atoms with Crippen LogP contribution in [0.4, 0.5) is 17.1 Å². The number of ketones is 1. The smallest absolute Gasteiger partial charge is 0.237 e. The van der Waals surface area contributed by atoms with Crippen LogP contribution in [0.15, 0.2) is 77.7 Å². The molecule has 0 spiro atoms. The van der Waals surface area contributed by atoms with E-state index in [9.17, 15) is 9.59 Å². The van der Waals surface area contributed by atoms with Crippen molar-refractivity contribution in [1.82, 2.24) is 0 Å². The van der Waals surface area contributed by atoms with Crippen molar-refractivity contribution in [3.8, 4) is 0 Å². The summed E-state index contributed by atoms with van der Waals surface area (Å²) in [5.41, 5.74) is 4.12. The minimum Gasteiger partial charge on any atom is -0.332 e.